The summed E-state index contributed by atoms with van der Waals surface area (Å²) in [6.45, 7) is 3.30. The Morgan fingerprint density at radius 1 is 1.08 bits per heavy atom. The Balaban J connectivity index is 1.33. The van der Waals surface area contributed by atoms with Gasteiger partial charge in [-0.2, -0.15) is 0 Å². The maximum atomic E-state index is 13.7. The zero-order chi connectivity index (χ0) is 25.3. The number of rotatable bonds is 7. The topological polar surface area (TPSA) is 81.7 Å². The zero-order valence-corrected chi connectivity index (χ0v) is 21.7. The number of aryl methyl sites for hydroxylation is 1. The second-order valence-corrected chi connectivity index (χ2v) is 11.2. The lowest BCUT2D eigenvalue weighted by Gasteiger charge is -2.51. The molecule has 1 saturated heterocycles. The van der Waals surface area contributed by atoms with Gasteiger partial charge in [0.05, 0.1) is 23.6 Å². The van der Waals surface area contributed by atoms with Gasteiger partial charge in [-0.3, -0.25) is 14.7 Å². The fourth-order valence-corrected chi connectivity index (χ4v) is 6.32. The molecule has 2 aromatic rings. The van der Waals surface area contributed by atoms with Crippen LogP contribution in [0.1, 0.15) is 56.2 Å². The van der Waals surface area contributed by atoms with Crippen molar-refractivity contribution in [3.63, 3.8) is 0 Å². The third-order valence-corrected chi connectivity index (χ3v) is 8.78. The molecule has 0 bridgehead atoms. The standard InChI is InChI=1S/C28H38N6O2/c1-21-16-30-24(17-29-21)31-25(35)19-33-20-27(34(26(33)36)18-22-8-7-9-22)12-14-28(15-13-27,32(2)3)23-10-5-4-6-11-23/h4-6,10-11,16-17,22H,7-9,12-15,18-20H2,1-3H3,(H,30,31,35). The van der Waals surface area contributed by atoms with Crippen molar-refractivity contribution >= 4 is 17.8 Å². The summed E-state index contributed by atoms with van der Waals surface area (Å²) >= 11 is 0. The van der Waals surface area contributed by atoms with E-state index in [1.54, 1.807) is 17.3 Å². The van der Waals surface area contributed by atoms with Crippen LogP contribution in [-0.4, -0.2) is 75.9 Å². The molecule has 1 spiro atoms. The molecule has 3 amide bonds. The van der Waals surface area contributed by atoms with Gasteiger partial charge in [0.25, 0.3) is 0 Å². The number of carbonyl (C=O) groups excluding carboxylic acids is 2. The van der Waals surface area contributed by atoms with Crippen molar-refractivity contribution in [1.82, 2.24) is 24.7 Å². The highest BCUT2D eigenvalue weighted by molar-refractivity contribution is 5.94. The van der Waals surface area contributed by atoms with Crippen molar-refractivity contribution in [3.8, 4) is 0 Å². The lowest BCUT2D eigenvalue weighted by atomic mass is 9.68. The number of benzene rings is 1. The van der Waals surface area contributed by atoms with Crippen LogP contribution in [0, 0.1) is 12.8 Å². The molecule has 8 nitrogen and oxygen atoms in total. The van der Waals surface area contributed by atoms with E-state index in [1.807, 2.05) is 6.92 Å². The summed E-state index contributed by atoms with van der Waals surface area (Å²) in [5.74, 6) is 0.761. The normalized spacial score (nSPS) is 26.5. The van der Waals surface area contributed by atoms with Gasteiger partial charge in [0.15, 0.2) is 5.82 Å². The van der Waals surface area contributed by atoms with E-state index in [2.05, 4.69) is 69.5 Å². The predicted octanol–water partition coefficient (Wildman–Crippen LogP) is 4.03. The maximum absolute atomic E-state index is 13.7. The van der Waals surface area contributed by atoms with Gasteiger partial charge in [-0.05, 0) is 71.0 Å². The Morgan fingerprint density at radius 3 is 2.39 bits per heavy atom. The summed E-state index contributed by atoms with van der Waals surface area (Å²) in [6.07, 6.45) is 10.6. The molecule has 1 aliphatic heterocycles. The molecule has 2 aliphatic carbocycles. The SMILES string of the molecule is Cc1cnc(NC(=O)CN2CC3(CCC(c4ccccc4)(N(C)C)CC3)N(CC3CCC3)C2=O)cn1. The van der Waals surface area contributed by atoms with E-state index in [4.69, 9.17) is 0 Å². The molecule has 1 N–H and O–H groups in total. The first-order chi connectivity index (χ1) is 17.3. The lowest BCUT2D eigenvalue weighted by Crippen LogP contribution is -2.56. The summed E-state index contributed by atoms with van der Waals surface area (Å²) in [5, 5.41) is 2.80. The third kappa shape index (κ3) is 4.59. The van der Waals surface area contributed by atoms with Gasteiger partial charge in [0, 0.05) is 18.6 Å². The molecule has 5 rings (SSSR count). The van der Waals surface area contributed by atoms with Crippen molar-refractivity contribution in [2.75, 3.05) is 39.0 Å². The Morgan fingerprint density at radius 2 is 1.81 bits per heavy atom. The first-order valence-electron chi connectivity index (χ1n) is 13.2. The van der Waals surface area contributed by atoms with E-state index >= 15 is 0 Å². The van der Waals surface area contributed by atoms with Crippen LogP contribution in [0.25, 0.3) is 0 Å². The van der Waals surface area contributed by atoms with Crippen LogP contribution in [0.5, 0.6) is 0 Å². The van der Waals surface area contributed by atoms with Gasteiger partial charge in [-0.15, -0.1) is 0 Å². The Hall–Kier alpha value is -3.00. The third-order valence-electron chi connectivity index (χ3n) is 8.78. The van der Waals surface area contributed by atoms with Gasteiger partial charge < -0.3 is 15.1 Å². The largest absolute Gasteiger partial charge is 0.321 e. The lowest BCUT2D eigenvalue weighted by molar-refractivity contribution is -0.116. The fourth-order valence-electron chi connectivity index (χ4n) is 6.32. The minimum Gasteiger partial charge on any atom is -0.317 e. The number of urea groups is 1. The number of hydrogen-bond acceptors (Lipinski definition) is 5. The van der Waals surface area contributed by atoms with Gasteiger partial charge in [-0.25, -0.2) is 9.78 Å². The highest BCUT2D eigenvalue weighted by atomic mass is 16.2. The predicted molar refractivity (Wildman–Crippen MR) is 139 cm³/mol. The summed E-state index contributed by atoms with van der Waals surface area (Å²) in [6, 6.07) is 10.8. The van der Waals surface area contributed by atoms with Crippen molar-refractivity contribution in [2.24, 2.45) is 5.92 Å². The number of nitrogens with one attached hydrogen (secondary N) is 1. The molecule has 8 heteroatoms. The molecular weight excluding hydrogens is 452 g/mol. The number of aromatic nitrogens is 2. The Bertz CT molecular complexity index is 1070. The Kier molecular flexibility index (Phi) is 6.72. The molecule has 2 saturated carbocycles. The molecule has 1 aromatic heterocycles. The minimum absolute atomic E-state index is 0.00380. The van der Waals surface area contributed by atoms with Crippen LogP contribution < -0.4 is 5.32 Å². The van der Waals surface area contributed by atoms with Crippen LogP contribution in [0.4, 0.5) is 10.6 Å². The summed E-state index contributed by atoms with van der Waals surface area (Å²) in [7, 11) is 4.34. The van der Waals surface area contributed by atoms with Gasteiger partial charge in [-0.1, -0.05) is 36.8 Å². The first kappa shape index (κ1) is 24.7. The monoisotopic (exact) mass is 490 g/mol. The molecular formula is C28H38N6O2. The van der Waals surface area contributed by atoms with Crippen molar-refractivity contribution in [2.45, 2.75) is 62.9 Å². The van der Waals surface area contributed by atoms with E-state index < -0.39 is 0 Å². The Labute approximate surface area is 214 Å². The summed E-state index contributed by atoms with van der Waals surface area (Å²) < 4.78 is 0. The molecule has 3 fully saturated rings. The van der Waals surface area contributed by atoms with Gasteiger partial charge >= 0.3 is 6.03 Å². The molecule has 0 atom stereocenters. The van der Waals surface area contributed by atoms with Crippen LogP contribution in [0.15, 0.2) is 42.7 Å². The zero-order valence-electron chi connectivity index (χ0n) is 21.7. The van der Waals surface area contributed by atoms with Gasteiger partial charge in [0.1, 0.15) is 6.54 Å². The average Bonchev–Trinajstić information content (AvgIpc) is 3.08. The first-order valence-corrected chi connectivity index (χ1v) is 13.2. The van der Waals surface area contributed by atoms with Crippen LogP contribution >= 0.6 is 0 Å². The van der Waals surface area contributed by atoms with Crippen molar-refractivity contribution in [3.05, 3.63) is 54.0 Å². The average molecular weight is 491 g/mol. The summed E-state index contributed by atoms with van der Waals surface area (Å²) in [4.78, 5) is 41.2. The highest BCUT2D eigenvalue weighted by Gasteiger charge is 2.55. The smallest absolute Gasteiger partial charge is 0.317 e. The number of hydrogen-bond donors (Lipinski definition) is 1. The summed E-state index contributed by atoms with van der Waals surface area (Å²) in [5.41, 5.74) is 1.88. The van der Waals surface area contributed by atoms with E-state index in [0.717, 1.165) is 37.9 Å². The van der Waals surface area contributed by atoms with Crippen molar-refractivity contribution < 1.29 is 9.59 Å². The number of carbonyl (C=O) groups is 2. The second-order valence-electron chi connectivity index (χ2n) is 11.2. The quantitative estimate of drug-likeness (QED) is 0.634. The second kappa shape index (κ2) is 9.81. The van der Waals surface area contributed by atoms with Crippen molar-refractivity contribution in [1.29, 1.82) is 0 Å². The van der Waals surface area contributed by atoms with Crippen LogP contribution in [-0.2, 0) is 10.3 Å². The van der Waals surface area contributed by atoms with E-state index in [9.17, 15) is 9.59 Å². The number of nitrogens with zero attached hydrogens (tertiary/aromatic N) is 5. The molecule has 1 aromatic carbocycles. The molecule has 0 unspecified atom stereocenters. The fraction of sp³-hybridized carbons (Fsp3) is 0.571. The maximum Gasteiger partial charge on any atom is 0.321 e. The molecule has 2 heterocycles. The van der Waals surface area contributed by atoms with Gasteiger partial charge in [0.2, 0.25) is 5.91 Å². The number of amides is 3. The molecule has 192 valence electrons. The number of anilines is 1. The highest BCUT2D eigenvalue weighted by Crippen LogP contribution is 2.49. The molecule has 0 radical (unpaired) electrons. The van der Waals surface area contributed by atoms with E-state index in [0.29, 0.717) is 18.3 Å². The van der Waals surface area contributed by atoms with E-state index in [-0.39, 0.29) is 29.6 Å². The van der Waals surface area contributed by atoms with Crippen LogP contribution in [0.3, 0.4) is 0 Å². The minimum atomic E-state index is -0.232. The molecule has 3 aliphatic rings. The van der Waals surface area contributed by atoms with E-state index in [1.165, 1.54) is 24.8 Å². The molecule has 36 heavy (non-hydrogen) atoms. The van der Waals surface area contributed by atoms with Crippen LogP contribution in [0.2, 0.25) is 0 Å².